The van der Waals surface area contributed by atoms with Gasteiger partial charge in [-0.25, -0.2) is 9.97 Å². The number of benzene rings is 7. The molecule has 0 saturated heterocycles. The van der Waals surface area contributed by atoms with Crippen molar-refractivity contribution in [3.05, 3.63) is 192 Å². The zero-order valence-electron chi connectivity index (χ0n) is 32.6. The van der Waals surface area contributed by atoms with Crippen LogP contribution < -0.4 is 0 Å². The molecule has 3 aliphatic rings. The first-order chi connectivity index (χ1) is 28.0. The second-order valence-corrected chi connectivity index (χ2v) is 16.9. The van der Waals surface area contributed by atoms with Crippen LogP contribution in [0.3, 0.4) is 0 Å². The first kappa shape index (κ1) is 33.9. The monoisotopic (exact) mass is 732 g/mol. The van der Waals surface area contributed by atoms with Crippen LogP contribution in [0.1, 0.15) is 68.2 Å². The molecule has 0 atom stereocenters. The van der Waals surface area contributed by atoms with Gasteiger partial charge in [-0.1, -0.05) is 167 Å². The van der Waals surface area contributed by atoms with E-state index < -0.39 is 0 Å². The second kappa shape index (κ2) is 13.1. The van der Waals surface area contributed by atoms with Crippen LogP contribution in [0.4, 0.5) is 0 Å². The molecule has 2 heteroatoms. The summed E-state index contributed by atoms with van der Waals surface area (Å²) >= 11 is 0. The normalized spacial score (nSPS) is 15.5. The summed E-state index contributed by atoms with van der Waals surface area (Å²) in [6.07, 6.45) is 6.31. The highest BCUT2D eigenvalue weighted by Crippen LogP contribution is 2.60. The number of fused-ring (bicyclic) bond motifs is 8. The van der Waals surface area contributed by atoms with Gasteiger partial charge in [-0.15, -0.1) is 0 Å². The lowest BCUT2D eigenvalue weighted by Gasteiger charge is -2.36. The Morgan fingerprint density at radius 3 is 1.58 bits per heavy atom. The van der Waals surface area contributed by atoms with E-state index in [0.29, 0.717) is 0 Å². The predicted octanol–water partition coefficient (Wildman–Crippen LogP) is 14.3. The van der Waals surface area contributed by atoms with Crippen molar-refractivity contribution in [2.75, 3.05) is 0 Å². The minimum absolute atomic E-state index is 0.0110. The minimum Gasteiger partial charge on any atom is -0.228 e. The van der Waals surface area contributed by atoms with E-state index in [1.54, 1.807) is 5.56 Å². The summed E-state index contributed by atoms with van der Waals surface area (Å²) in [7, 11) is 0. The van der Waals surface area contributed by atoms with E-state index in [1.165, 1.54) is 93.3 Å². The highest BCUT2D eigenvalue weighted by atomic mass is 14.9. The van der Waals surface area contributed by atoms with Crippen LogP contribution >= 0.6 is 0 Å². The van der Waals surface area contributed by atoms with E-state index in [2.05, 4.69) is 159 Å². The van der Waals surface area contributed by atoms with Gasteiger partial charge in [0.25, 0.3) is 0 Å². The van der Waals surface area contributed by atoms with Crippen LogP contribution in [0.25, 0.3) is 78.4 Å². The zero-order valence-corrected chi connectivity index (χ0v) is 32.6. The Bertz CT molecular complexity index is 2780. The Morgan fingerprint density at radius 2 is 0.860 bits per heavy atom. The second-order valence-electron chi connectivity index (χ2n) is 16.9. The first-order valence-electron chi connectivity index (χ1n) is 20.6. The van der Waals surface area contributed by atoms with Crippen molar-refractivity contribution in [3.8, 4) is 78.4 Å². The summed E-state index contributed by atoms with van der Waals surface area (Å²) in [6.45, 7) is 4.80. The third kappa shape index (κ3) is 5.46. The fourth-order valence-corrected chi connectivity index (χ4v) is 10.4. The highest BCUT2D eigenvalue weighted by Gasteiger charge is 2.46. The topological polar surface area (TPSA) is 25.8 Å². The molecule has 2 nitrogen and oxygen atoms in total. The van der Waals surface area contributed by atoms with E-state index in [4.69, 9.17) is 9.97 Å². The molecule has 1 heterocycles. The molecule has 8 aromatic rings. The summed E-state index contributed by atoms with van der Waals surface area (Å²) in [6, 6.07) is 62.3. The third-order valence-corrected chi connectivity index (χ3v) is 13.3. The van der Waals surface area contributed by atoms with Crippen molar-refractivity contribution in [2.24, 2.45) is 0 Å². The van der Waals surface area contributed by atoms with Gasteiger partial charge in [0.15, 0.2) is 5.82 Å². The summed E-state index contributed by atoms with van der Waals surface area (Å²) in [4.78, 5) is 10.1. The minimum atomic E-state index is -0.0110. The first-order valence-corrected chi connectivity index (χ1v) is 20.6. The molecule has 1 saturated carbocycles. The van der Waals surface area contributed by atoms with E-state index in [9.17, 15) is 0 Å². The number of hydrogen-bond donors (Lipinski definition) is 0. The predicted molar refractivity (Wildman–Crippen MR) is 236 cm³/mol. The molecule has 0 bridgehead atoms. The largest absolute Gasteiger partial charge is 0.228 e. The van der Waals surface area contributed by atoms with Crippen molar-refractivity contribution in [3.63, 3.8) is 0 Å². The van der Waals surface area contributed by atoms with Gasteiger partial charge in [0.05, 0.1) is 11.4 Å². The standard InChI is InChI=1S/C55H44N2/c1-54(2)47-25-11-10-24-43(47)45-34-50-46(33-48(45)54)44-27-26-41(32-49(44)55(50)28-12-5-13-29-55)39-21-14-20-38(30-39)40-22-15-23-42(31-40)52-35-51(36-16-6-3-7-17-36)56-53(57-52)37-18-8-4-9-19-37/h3-4,6-11,14-27,30-35H,5,12-13,28-29H2,1-2H3. The van der Waals surface area contributed by atoms with E-state index in [-0.39, 0.29) is 10.8 Å². The molecule has 0 radical (unpaired) electrons. The molecule has 1 aromatic heterocycles. The summed E-state index contributed by atoms with van der Waals surface area (Å²) in [5, 5.41) is 0. The molecule has 0 aliphatic heterocycles. The Hall–Kier alpha value is -6.38. The maximum absolute atomic E-state index is 5.12. The summed E-state index contributed by atoms with van der Waals surface area (Å²) in [5.41, 5.74) is 21.7. The fourth-order valence-electron chi connectivity index (χ4n) is 10.4. The Labute approximate surface area is 336 Å². The highest BCUT2D eigenvalue weighted by molar-refractivity contribution is 5.91. The molecule has 0 amide bonds. The number of nitrogens with zero attached hydrogens (tertiary/aromatic N) is 2. The lowest BCUT2D eigenvalue weighted by Crippen LogP contribution is -2.28. The van der Waals surface area contributed by atoms with Gasteiger partial charge in [-0.05, 0) is 116 Å². The van der Waals surface area contributed by atoms with Gasteiger partial charge in [-0.3, -0.25) is 0 Å². The molecule has 0 unspecified atom stereocenters. The molecule has 274 valence electrons. The van der Waals surface area contributed by atoms with Crippen molar-refractivity contribution < 1.29 is 0 Å². The lowest BCUT2D eigenvalue weighted by atomic mass is 9.67. The number of rotatable bonds is 5. The van der Waals surface area contributed by atoms with Crippen molar-refractivity contribution in [1.29, 1.82) is 0 Å². The molecule has 0 N–H and O–H groups in total. The molecule has 7 aromatic carbocycles. The van der Waals surface area contributed by atoms with Crippen LogP contribution in [0.2, 0.25) is 0 Å². The van der Waals surface area contributed by atoms with Gasteiger partial charge in [-0.2, -0.15) is 0 Å². The molecule has 3 aliphatic carbocycles. The van der Waals surface area contributed by atoms with Gasteiger partial charge < -0.3 is 0 Å². The number of hydrogen-bond acceptors (Lipinski definition) is 2. The summed E-state index contributed by atoms with van der Waals surface area (Å²) < 4.78 is 0. The van der Waals surface area contributed by atoms with Crippen molar-refractivity contribution in [1.82, 2.24) is 9.97 Å². The molecular formula is C55H44N2. The van der Waals surface area contributed by atoms with Crippen LogP contribution in [-0.2, 0) is 10.8 Å². The van der Waals surface area contributed by atoms with Crippen LogP contribution in [-0.4, -0.2) is 9.97 Å². The molecule has 57 heavy (non-hydrogen) atoms. The van der Waals surface area contributed by atoms with Crippen LogP contribution in [0.15, 0.2) is 170 Å². The summed E-state index contributed by atoms with van der Waals surface area (Å²) in [5.74, 6) is 0.729. The SMILES string of the molecule is CC1(C)c2ccccc2-c2cc3c(cc21)-c1ccc(-c2cccc(-c4cccc(-c5cc(-c6ccccc6)nc(-c6ccccc6)n5)c4)c2)cc1C31CCCCC1. The van der Waals surface area contributed by atoms with Gasteiger partial charge >= 0.3 is 0 Å². The van der Waals surface area contributed by atoms with Crippen LogP contribution in [0.5, 0.6) is 0 Å². The number of aromatic nitrogens is 2. The lowest BCUT2D eigenvalue weighted by molar-refractivity contribution is 0.353. The Morgan fingerprint density at radius 1 is 0.351 bits per heavy atom. The van der Waals surface area contributed by atoms with Gasteiger partial charge in [0, 0.05) is 27.5 Å². The van der Waals surface area contributed by atoms with Crippen LogP contribution in [0, 0.1) is 0 Å². The smallest absolute Gasteiger partial charge is 0.160 e. The van der Waals surface area contributed by atoms with E-state index >= 15 is 0 Å². The molecule has 11 rings (SSSR count). The molecular weight excluding hydrogens is 689 g/mol. The maximum atomic E-state index is 5.12. The van der Waals surface area contributed by atoms with Crippen molar-refractivity contribution >= 4 is 0 Å². The Kier molecular flexibility index (Phi) is 7.80. The maximum Gasteiger partial charge on any atom is 0.160 e. The average Bonchev–Trinajstić information content (AvgIpc) is 3.66. The average molecular weight is 733 g/mol. The fraction of sp³-hybridized carbons (Fsp3) is 0.164. The zero-order chi connectivity index (χ0) is 38.1. The van der Waals surface area contributed by atoms with Gasteiger partial charge in [0.1, 0.15) is 0 Å². The Balaban J connectivity index is 0.982. The van der Waals surface area contributed by atoms with Gasteiger partial charge in [0.2, 0.25) is 0 Å². The molecule has 1 spiro atoms. The van der Waals surface area contributed by atoms with E-state index in [0.717, 1.165) is 33.9 Å². The molecule has 1 fully saturated rings. The third-order valence-electron chi connectivity index (χ3n) is 13.3. The quantitative estimate of drug-likeness (QED) is 0.176. The van der Waals surface area contributed by atoms with E-state index in [1.807, 2.05) is 24.3 Å². The van der Waals surface area contributed by atoms with Crippen molar-refractivity contribution in [2.45, 2.75) is 56.8 Å².